The molecule has 39 heavy (non-hydrogen) atoms. The Morgan fingerprint density at radius 2 is 1.56 bits per heavy atom. The Hall–Kier alpha value is -4.79. The molecule has 1 amide bonds. The zero-order valence-electron chi connectivity index (χ0n) is 22.2. The number of nitrogens with one attached hydrogen (secondary N) is 1. The molecule has 1 aromatic heterocycles. The number of benzene rings is 3. The third-order valence-corrected chi connectivity index (χ3v) is 6.60. The Morgan fingerprint density at radius 3 is 2.15 bits per heavy atom. The van der Waals surface area contributed by atoms with Crippen molar-refractivity contribution in [1.82, 2.24) is 10.2 Å². The van der Waals surface area contributed by atoms with Gasteiger partial charge in [0.1, 0.15) is 22.9 Å². The fourth-order valence-electron chi connectivity index (χ4n) is 4.90. The van der Waals surface area contributed by atoms with Crippen LogP contribution in [0.25, 0.3) is 11.3 Å². The summed E-state index contributed by atoms with van der Waals surface area (Å²) in [5.74, 6) is 1.18. The van der Waals surface area contributed by atoms with Crippen molar-refractivity contribution < 1.29 is 28.5 Å². The second-order valence-corrected chi connectivity index (χ2v) is 8.74. The van der Waals surface area contributed by atoms with Crippen molar-refractivity contribution in [3.05, 3.63) is 89.1 Å². The van der Waals surface area contributed by atoms with Gasteiger partial charge in [-0.1, -0.05) is 6.07 Å². The molecule has 200 valence electrons. The van der Waals surface area contributed by atoms with E-state index in [9.17, 15) is 9.59 Å². The lowest BCUT2D eigenvalue weighted by atomic mass is 9.94. The molecule has 0 aliphatic carbocycles. The summed E-state index contributed by atoms with van der Waals surface area (Å²) in [5, 5.41) is 7.52. The molecule has 1 aliphatic heterocycles. The van der Waals surface area contributed by atoms with Crippen LogP contribution in [-0.2, 0) is 4.74 Å². The molecule has 0 spiro atoms. The number of rotatable bonds is 9. The number of amides is 1. The number of hydrogen-bond acceptors (Lipinski definition) is 7. The summed E-state index contributed by atoms with van der Waals surface area (Å²) in [7, 11) is 3.16. The van der Waals surface area contributed by atoms with Crippen LogP contribution in [0.15, 0.2) is 66.7 Å². The molecular weight excluding hydrogens is 498 g/mol. The van der Waals surface area contributed by atoms with E-state index in [0.29, 0.717) is 51.9 Å². The molecule has 0 saturated heterocycles. The highest BCUT2D eigenvalue weighted by Crippen LogP contribution is 2.50. The Bertz CT molecular complexity index is 1470. The van der Waals surface area contributed by atoms with Crippen LogP contribution in [-0.4, -0.2) is 49.5 Å². The van der Waals surface area contributed by atoms with E-state index in [0.717, 1.165) is 11.3 Å². The lowest BCUT2D eigenvalue weighted by molar-refractivity contribution is 0.0526. The minimum Gasteiger partial charge on any atom is -0.496 e. The smallest absolute Gasteiger partial charge is 0.338 e. The summed E-state index contributed by atoms with van der Waals surface area (Å²) in [6, 6.07) is 19.2. The molecular formula is C30H29N3O6. The minimum absolute atomic E-state index is 0.267. The summed E-state index contributed by atoms with van der Waals surface area (Å²) in [6.45, 7) is 4.52. The number of hydrogen-bond donors (Lipinski definition) is 1. The van der Waals surface area contributed by atoms with Crippen LogP contribution in [0.1, 0.15) is 51.9 Å². The number of aromatic amines is 1. The predicted molar refractivity (Wildman–Crippen MR) is 146 cm³/mol. The molecule has 1 aliphatic rings. The van der Waals surface area contributed by atoms with Crippen LogP contribution in [0.2, 0.25) is 0 Å². The van der Waals surface area contributed by atoms with E-state index in [4.69, 9.17) is 18.9 Å². The number of methoxy groups -OCH3 is 2. The first-order valence-electron chi connectivity index (χ1n) is 12.6. The second kappa shape index (κ2) is 10.9. The van der Waals surface area contributed by atoms with E-state index in [1.165, 1.54) is 0 Å². The van der Waals surface area contributed by atoms with Crippen LogP contribution in [0, 0.1) is 0 Å². The highest BCUT2D eigenvalue weighted by Gasteiger charge is 2.45. The average molecular weight is 528 g/mol. The highest BCUT2D eigenvalue weighted by atomic mass is 16.5. The number of aromatic nitrogens is 2. The topological polar surface area (TPSA) is 103 Å². The van der Waals surface area contributed by atoms with E-state index in [2.05, 4.69) is 10.2 Å². The summed E-state index contributed by atoms with van der Waals surface area (Å²) in [4.78, 5) is 27.8. The van der Waals surface area contributed by atoms with Gasteiger partial charge in [-0.15, -0.1) is 0 Å². The van der Waals surface area contributed by atoms with Gasteiger partial charge in [0.15, 0.2) is 0 Å². The fourth-order valence-corrected chi connectivity index (χ4v) is 4.90. The first-order chi connectivity index (χ1) is 19.0. The summed E-state index contributed by atoms with van der Waals surface area (Å²) in [6.07, 6.45) is 0. The molecule has 2 heterocycles. The van der Waals surface area contributed by atoms with Gasteiger partial charge >= 0.3 is 5.97 Å². The number of esters is 1. The second-order valence-electron chi connectivity index (χ2n) is 8.74. The zero-order valence-corrected chi connectivity index (χ0v) is 22.2. The van der Waals surface area contributed by atoms with Gasteiger partial charge in [0, 0.05) is 16.8 Å². The van der Waals surface area contributed by atoms with Gasteiger partial charge in [-0.2, -0.15) is 5.10 Å². The number of H-pyrrole nitrogens is 1. The van der Waals surface area contributed by atoms with Gasteiger partial charge in [-0.25, -0.2) is 4.79 Å². The van der Waals surface area contributed by atoms with Crippen molar-refractivity contribution in [3.8, 4) is 28.5 Å². The van der Waals surface area contributed by atoms with Crippen molar-refractivity contribution in [2.75, 3.05) is 32.3 Å². The Labute approximate surface area is 226 Å². The number of nitrogens with zero attached hydrogens (tertiary/aromatic N) is 2. The van der Waals surface area contributed by atoms with Gasteiger partial charge in [0.25, 0.3) is 5.91 Å². The quantitative estimate of drug-likeness (QED) is 0.290. The molecule has 9 nitrogen and oxygen atoms in total. The Kier molecular flexibility index (Phi) is 7.23. The average Bonchev–Trinajstić information content (AvgIpc) is 3.52. The van der Waals surface area contributed by atoms with Crippen LogP contribution in [0.5, 0.6) is 17.2 Å². The zero-order chi connectivity index (χ0) is 27.5. The summed E-state index contributed by atoms with van der Waals surface area (Å²) < 4.78 is 22.2. The molecule has 0 saturated carbocycles. The molecule has 0 fully saturated rings. The molecule has 1 atom stereocenters. The van der Waals surface area contributed by atoms with Crippen molar-refractivity contribution in [2.24, 2.45) is 0 Å². The maximum absolute atomic E-state index is 13.9. The Morgan fingerprint density at radius 1 is 0.897 bits per heavy atom. The minimum atomic E-state index is -0.632. The van der Waals surface area contributed by atoms with Gasteiger partial charge in [0.2, 0.25) is 0 Å². The number of carbonyl (C=O) groups excluding carboxylic acids is 2. The largest absolute Gasteiger partial charge is 0.496 e. The molecule has 4 aromatic rings. The third kappa shape index (κ3) is 4.56. The van der Waals surface area contributed by atoms with Crippen LogP contribution in [0.4, 0.5) is 5.69 Å². The standard InChI is InChI=1S/C30H29N3O6/c1-5-38-21-16-12-18(13-17-21)26-25-27(32-31-26)29(34)33(20-14-10-19(11-15-20)30(35)39-6-2)28(25)24-22(36-3)8-7-9-23(24)37-4/h7-17,28H,5-6H2,1-4H3,(H,31,32). The molecule has 3 aromatic carbocycles. The first-order valence-corrected chi connectivity index (χ1v) is 12.6. The number of fused-ring (bicyclic) bond motifs is 1. The maximum atomic E-state index is 13.9. The van der Waals surface area contributed by atoms with Gasteiger partial charge in [-0.3, -0.25) is 14.8 Å². The van der Waals surface area contributed by atoms with Crippen molar-refractivity contribution in [2.45, 2.75) is 19.9 Å². The predicted octanol–water partition coefficient (Wildman–Crippen LogP) is 5.42. The van der Waals surface area contributed by atoms with Crippen molar-refractivity contribution in [1.29, 1.82) is 0 Å². The van der Waals surface area contributed by atoms with E-state index >= 15 is 0 Å². The van der Waals surface area contributed by atoms with E-state index in [-0.39, 0.29) is 12.5 Å². The van der Waals surface area contributed by atoms with Gasteiger partial charge in [0.05, 0.1) is 50.3 Å². The molecule has 1 N–H and O–H groups in total. The summed E-state index contributed by atoms with van der Waals surface area (Å²) >= 11 is 0. The fraction of sp³-hybridized carbons (Fsp3) is 0.233. The highest BCUT2D eigenvalue weighted by molar-refractivity contribution is 6.12. The Balaban J connectivity index is 1.68. The molecule has 1 unspecified atom stereocenters. The normalized spacial score (nSPS) is 14.2. The van der Waals surface area contributed by atoms with Gasteiger partial charge in [-0.05, 0) is 74.5 Å². The van der Waals surface area contributed by atoms with Crippen LogP contribution >= 0.6 is 0 Å². The molecule has 0 bridgehead atoms. The maximum Gasteiger partial charge on any atom is 0.338 e. The van der Waals surface area contributed by atoms with Crippen LogP contribution < -0.4 is 19.1 Å². The number of anilines is 1. The lowest BCUT2D eigenvalue weighted by Gasteiger charge is -2.29. The van der Waals surface area contributed by atoms with E-state index in [1.54, 1.807) is 50.3 Å². The molecule has 0 radical (unpaired) electrons. The molecule has 9 heteroatoms. The number of ether oxygens (including phenoxy) is 4. The summed E-state index contributed by atoms with van der Waals surface area (Å²) in [5.41, 5.74) is 4.18. The number of carbonyl (C=O) groups is 2. The van der Waals surface area contributed by atoms with Crippen LogP contribution in [0.3, 0.4) is 0 Å². The van der Waals surface area contributed by atoms with E-state index < -0.39 is 12.0 Å². The van der Waals surface area contributed by atoms with Gasteiger partial charge < -0.3 is 18.9 Å². The SMILES string of the molecule is CCOC(=O)c1ccc(N2C(=O)c3[nH]nc(-c4ccc(OCC)cc4)c3C2c2c(OC)cccc2OC)cc1. The first kappa shape index (κ1) is 25.8. The van der Waals surface area contributed by atoms with Crippen molar-refractivity contribution >= 4 is 17.6 Å². The molecule has 5 rings (SSSR count). The lowest BCUT2D eigenvalue weighted by Crippen LogP contribution is -2.30. The van der Waals surface area contributed by atoms with Crippen molar-refractivity contribution in [3.63, 3.8) is 0 Å². The monoisotopic (exact) mass is 527 g/mol. The third-order valence-electron chi connectivity index (χ3n) is 6.60. The van der Waals surface area contributed by atoms with E-state index in [1.807, 2.05) is 49.4 Å².